The van der Waals surface area contributed by atoms with E-state index in [0.29, 0.717) is 0 Å². The van der Waals surface area contributed by atoms with Crippen LogP contribution in [0, 0.1) is 0 Å². The normalized spacial score (nSPS) is 27.6. The van der Waals surface area contributed by atoms with E-state index in [0.717, 1.165) is 32.7 Å². The van der Waals surface area contributed by atoms with Gasteiger partial charge in [0.2, 0.25) is 0 Å². The van der Waals surface area contributed by atoms with Gasteiger partial charge in [0.15, 0.2) is 0 Å². The number of nitrogens with two attached hydrogens (primary N) is 1. The van der Waals surface area contributed by atoms with E-state index in [1.54, 1.807) is 7.11 Å². The molecule has 0 bridgehead atoms. The van der Waals surface area contributed by atoms with Crippen LogP contribution in [-0.4, -0.2) is 69.3 Å². The summed E-state index contributed by atoms with van der Waals surface area (Å²) in [6, 6.07) is 0. The summed E-state index contributed by atoms with van der Waals surface area (Å²) in [5.41, 5.74) is 6.19. The Morgan fingerprint density at radius 2 is 2.25 bits per heavy atom. The second-order valence-electron chi connectivity index (χ2n) is 5.04. The zero-order valence-electron chi connectivity index (χ0n) is 11.0. The molecule has 1 aliphatic heterocycles. The van der Waals surface area contributed by atoms with Crippen LogP contribution >= 0.6 is 0 Å². The number of likely N-dealkylation sites (N-methyl/N-ethyl adjacent to an activating group) is 2. The fourth-order valence-electron chi connectivity index (χ4n) is 2.66. The van der Waals surface area contributed by atoms with Crippen LogP contribution in [0.3, 0.4) is 0 Å². The quantitative estimate of drug-likeness (QED) is 0.669. The summed E-state index contributed by atoms with van der Waals surface area (Å²) < 4.78 is 5.10. The van der Waals surface area contributed by atoms with Crippen molar-refractivity contribution < 1.29 is 4.74 Å². The van der Waals surface area contributed by atoms with E-state index >= 15 is 0 Å². The molecule has 0 amide bonds. The van der Waals surface area contributed by atoms with E-state index in [4.69, 9.17) is 10.5 Å². The van der Waals surface area contributed by atoms with Crippen molar-refractivity contribution in [2.24, 2.45) is 5.73 Å². The van der Waals surface area contributed by atoms with Gasteiger partial charge in [-0.25, -0.2) is 0 Å². The number of ether oxygens (including phenoxy) is 1. The molecule has 1 fully saturated rings. The molecule has 0 radical (unpaired) electrons. The van der Waals surface area contributed by atoms with Crippen LogP contribution in [0.25, 0.3) is 0 Å². The molecule has 1 atom stereocenters. The van der Waals surface area contributed by atoms with E-state index < -0.39 is 0 Å². The van der Waals surface area contributed by atoms with Gasteiger partial charge in [0, 0.05) is 38.9 Å². The van der Waals surface area contributed by atoms with Crippen LogP contribution in [0.1, 0.15) is 19.3 Å². The summed E-state index contributed by atoms with van der Waals surface area (Å²) in [5.74, 6) is 0. The fraction of sp³-hybridized carbons (Fsp3) is 1.00. The minimum atomic E-state index is 0.181. The molecule has 16 heavy (non-hydrogen) atoms. The lowest BCUT2D eigenvalue weighted by Gasteiger charge is -2.47. The van der Waals surface area contributed by atoms with Gasteiger partial charge < -0.3 is 15.4 Å². The van der Waals surface area contributed by atoms with Crippen molar-refractivity contribution in [3.8, 4) is 0 Å². The van der Waals surface area contributed by atoms with Crippen LogP contribution in [0.15, 0.2) is 0 Å². The number of methoxy groups -OCH3 is 1. The topological polar surface area (TPSA) is 41.7 Å². The summed E-state index contributed by atoms with van der Waals surface area (Å²) in [6.07, 6.45) is 3.55. The third-order valence-electron chi connectivity index (χ3n) is 3.78. The highest BCUT2D eigenvalue weighted by molar-refractivity contribution is 4.95. The SMILES string of the molecule is COCCCN(C)C1(CN)CCCN(C)C1. The first-order valence-corrected chi connectivity index (χ1v) is 6.23. The monoisotopic (exact) mass is 229 g/mol. The molecule has 1 rings (SSSR count). The van der Waals surface area contributed by atoms with Crippen LogP contribution in [0.4, 0.5) is 0 Å². The van der Waals surface area contributed by atoms with Crippen LogP contribution < -0.4 is 5.73 Å². The molecule has 96 valence electrons. The van der Waals surface area contributed by atoms with Crippen LogP contribution in [0.2, 0.25) is 0 Å². The largest absolute Gasteiger partial charge is 0.385 e. The Labute approximate surface area is 99.7 Å². The number of likely N-dealkylation sites (tertiary alicyclic amines) is 1. The van der Waals surface area contributed by atoms with Gasteiger partial charge >= 0.3 is 0 Å². The first-order chi connectivity index (χ1) is 7.64. The van der Waals surface area contributed by atoms with Crippen molar-refractivity contribution in [1.82, 2.24) is 9.80 Å². The summed E-state index contributed by atoms with van der Waals surface area (Å²) >= 11 is 0. The molecule has 0 aromatic carbocycles. The molecular formula is C12H27N3O. The molecule has 0 aromatic rings. The van der Waals surface area contributed by atoms with Crippen molar-refractivity contribution in [3.63, 3.8) is 0 Å². The van der Waals surface area contributed by atoms with Gasteiger partial charge in [0.25, 0.3) is 0 Å². The Morgan fingerprint density at radius 1 is 1.50 bits per heavy atom. The van der Waals surface area contributed by atoms with E-state index in [9.17, 15) is 0 Å². The molecule has 0 aromatic heterocycles. The van der Waals surface area contributed by atoms with Gasteiger partial charge in [0.05, 0.1) is 0 Å². The summed E-state index contributed by atoms with van der Waals surface area (Å²) in [5, 5.41) is 0. The fourth-order valence-corrected chi connectivity index (χ4v) is 2.66. The number of hydrogen-bond donors (Lipinski definition) is 1. The number of piperidine rings is 1. The van der Waals surface area contributed by atoms with E-state index in [1.807, 2.05) is 0 Å². The second-order valence-corrected chi connectivity index (χ2v) is 5.04. The van der Waals surface area contributed by atoms with E-state index in [-0.39, 0.29) is 5.54 Å². The van der Waals surface area contributed by atoms with Gasteiger partial charge in [-0.05, 0) is 39.9 Å². The maximum atomic E-state index is 6.01. The van der Waals surface area contributed by atoms with Crippen LogP contribution in [0.5, 0.6) is 0 Å². The Morgan fingerprint density at radius 3 is 2.81 bits per heavy atom. The molecule has 1 saturated heterocycles. The predicted molar refractivity (Wildman–Crippen MR) is 67.6 cm³/mol. The first kappa shape index (κ1) is 13.9. The third-order valence-corrected chi connectivity index (χ3v) is 3.78. The van der Waals surface area contributed by atoms with Gasteiger partial charge in [-0.2, -0.15) is 0 Å². The van der Waals surface area contributed by atoms with Crippen molar-refractivity contribution >= 4 is 0 Å². The third kappa shape index (κ3) is 3.42. The summed E-state index contributed by atoms with van der Waals surface area (Å²) in [6.45, 7) is 4.95. The average molecular weight is 229 g/mol. The molecule has 1 unspecified atom stereocenters. The highest BCUT2D eigenvalue weighted by atomic mass is 16.5. The molecule has 2 N–H and O–H groups in total. The van der Waals surface area contributed by atoms with Gasteiger partial charge in [-0.15, -0.1) is 0 Å². The van der Waals surface area contributed by atoms with Crippen molar-refractivity contribution in [3.05, 3.63) is 0 Å². The smallest absolute Gasteiger partial charge is 0.0474 e. The molecule has 0 spiro atoms. The standard InChI is InChI=1S/C12H27N3O/c1-14-7-4-6-12(10-13,11-14)15(2)8-5-9-16-3/h4-11,13H2,1-3H3. The highest BCUT2D eigenvalue weighted by Gasteiger charge is 2.36. The second kappa shape index (κ2) is 6.55. The number of hydrogen-bond acceptors (Lipinski definition) is 4. The Bertz CT molecular complexity index is 201. The zero-order valence-corrected chi connectivity index (χ0v) is 11.0. The predicted octanol–water partition coefficient (Wildman–Crippen LogP) is 0.378. The van der Waals surface area contributed by atoms with Gasteiger partial charge in [0.1, 0.15) is 0 Å². The molecule has 0 aliphatic carbocycles. The minimum Gasteiger partial charge on any atom is -0.385 e. The first-order valence-electron chi connectivity index (χ1n) is 6.23. The molecule has 4 heteroatoms. The minimum absolute atomic E-state index is 0.181. The summed E-state index contributed by atoms with van der Waals surface area (Å²) in [7, 11) is 6.14. The molecule has 1 aliphatic rings. The zero-order chi connectivity index (χ0) is 12.0. The number of rotatable bonds is 6. The lowest BCUT2D eigenvalue weighted by Crippen LogP contribution is -2.61. The Balaban J connectivity index is 2.49. The molecule has 4 nitrogen and oxygen atoms in total. The van der Waals surface area contributed by atoms with Crippen molar-refractivity contribution in [1.29, 1.82) is 0 Å². The maximum Gasteiger partial charge on any atom is 0.0474 e. The maximum absolute atomic E-state index is 6.01. The molecule has 0 saturated carbocycles. The average Bonchev–Trinajstić information content (AvgIpc) is 2.29. The summed E-state index contributed by atoms with van der Waals surface area (Å²) in [4.78, 5) is 4.82. The van der Waals surface area contributed by atoms with Gasteiger partial charge in [-0.3, -0.25) is 4.90 Å². The lowest BCUT2D eigenvalue weighted by molar-refractivity contribution is 0.0392. The Hall–Kier alpha value is -0.160. The van der Waals surface area contributed by atoms with Crippen molar-refractivity contribution in [2.45, 2.75) is 24.8 Å². The number of nitrogens with zero attached hydrogens (tertiary/aromatic N) is 2. The Kier molecular flexibility index (Phi) is 5.69. The highest BCUT2D eigenvalue weighted by Crippen LogP contribution is 2.25. The lowest BCUT2D eigenvalue weighted by atomic mass is 9.87. The van der Waals surface area contributed by atoms with Gasteiger partial charge in [-0.1, -0.05) is 0 Å². The van der Waals surface area contributed by atoms with Crippen LogP contribution in [-0.2, 0) is 4.74 Å². The molecular weight excluding hydrogens is 202 g/mol. The van der Waals surface area contributed by atoms with E-state index in [1.165, 1.54) is 19.4 Å². The molecule has 1 heterocycles. The van der Waals surface area contributed by atoms with E-state index in [2.05, 4.69) is 23.9 Å². The van der Waals surface area contributed by atoms with Crippen molar-refractivity contribution in [2.75, 3.05) is 54.0 Å².